The van der Waals surface area contributed by atoms with Crippen LogP contribution in [0.1, 0.15) is 16.8 Å². The molecule has 4 heteroatoms. The molecule has 2 N–H and O–H groups in total. The van der Waals surface area contributed by atoms with Crippen LogP contribution in [0.25, 0.3) is 5.65 Å². The molecule has 0 spiro atoms. The normalized spacial score (nSPS) is 10.9. The van der Waals surface area contributed by atoms with Crippen LogP contribution in [0.2, 0.25) is 0 Å². The number of benzene rings is 1. The number of pyridine rings is 1. The Hall–Kier alpha value is -2.33. The van der Waals surface area contributed by atoms with Crippen molar-refractivity contribution in [1.82, 2.24) is 9.38 Å². The minimum atomic E-state index is 0.429. The second-order valence-electron chi connectivity index (χ2n) is 4.75. The Bertz CT molecular complexity index is 733. The maximum absolute atomic E-state index is 5.92. The fourth-order valence-corrected chi connectivity index (χ4v) is 2.18. The van der Waals surface area contributed by atoms with Crippen molar-refractivity contribution in [1.29, 1.82) is 0 Å². The summed E-state index contributed by atoms with van der Waals surface area (Å²) in [7, 11) is 0. The molecule has 0 saturated heterocycles. The molecule has 102 valence electrons. The number of rotatable bonds is 4. The Morgan fingerprint density at radius 3 is 2.85 bits per heavy atom. The van der Waals surface area contributed by atoms with E-state index in [1.165, 1.54) is 11.1 Å². The second-order valence-corrected chi connectivity index (χ2v) is 4.75. The maximum atomic E-state index is 5.92. The van der Waals surface area contributed by atoms with E-state index in [1.54, 1.807) is 0 Å². The molecule has 0 aliphatic carbocycles. The first-order chi connectivity index (χ1) is 9.78. The molecule has 20 heavy (non-hydrogen) atoms. The number of nitrogens with zero attached hydrogens (tertiary/aromatic N) is 2. The Labute approximate surface area is 117 Å². The molecule has 0 amide bonds. The van der Waals surface area contributed by atoms with Crippen LogP contribution in [0, 0.1) is 6.92 Å². The van der Waals surface area contributed by atoms with Gasteiger partial charge in [-0.3, -0.25) is 0 Å². The first-order valence-electron chi connectivity index (χ1n) is 6.62. The molecular formula is C16H17N3O. The van der Waals surface area contributed by atoms with E-state index in [4.69, 9.17) is 10.5 Å². The third-order valence-corrected chi connectivity index (χ3v) is 3.35. The van der Waals surface area contributed by atoms with Gasteiger partial charge in [0.1, 0.15) is 6.61 Å². The van der Waals surface area contributed by atoms with Crippen LogP contribution in [0.15, 0.2) is 48.8 Å². The van der Waals surface area contributed by atoms with Gasteiger partial charge in [0.25, 0.3) is 0 Å². The van der Waals surface area contributed by atoms with Crippen LogP contribution < -0.4 is 10.5 Å². The van der Waals surface area contributed by atoms with Gasteiger partial charge in [0.15, 0.2) is 11.4 Å². The van der Waals surface area contributed by atoms with Gasteiger partial charge >= 0.3 is 0 Å². The summed E-state index contributed by atoms with van der Waals surface area (Å²) in [6.07, 6.45) is 3.87. The lowest BCUT2D eigenvalue weighted by Gasteiger charge is -2.09. The molecule has 0 atom stereocenters. The molecule has 0 bridgehead atoms. The van der Waals surface area contributed by atoms with Gasteiger partial charge in [0, 0.05) is 18.9 Å². The fourth-order valence-electron chi connectivity index (χ4n) is 2.18. The van der Waals surface area contributed by atoms with Crippen LogP contribution >= 0.6 is 0 Å². The minimum absolute atomic E-state index is 0.429. The summed E-state index contributed by atoms with van der Waals surface area (Å²) in [5, 5.41) is 0. The van der Waals surface area contributed by atoms with Gasteiger partial charge in [-0.2, -0.15) is 0 Å². The molecule has 0 aliphatic heterocycles. The molecule has 0 unspecified atom stereocenters. The van der Waals surface area contributed by atoms with Gasteiger partial charge in [0.2, 0.25) is 0 Å². The zero-order valence-electron chi connectivity index (χ0n) is 11.4. The van der Waals surface area contributed by atoms with E-state index in [0.29, 0.717) is 13.2 Å². The van der Waals surface area contributed by atoms with Crippen molar-refractivity contribution >= 4 is 5.65 Å². The third kappa shape index (κ3) is 2.38. The van der Waals surface area contributed by atoms with E-state index < -0.39 is 0 Å². The van der Waals surface area contributed by atoms with E-state index in [-0.39, 0.29) is 0 Å². The SMILES string of the molecule is Cc1ccccc1COc1cccn2cc(CN)nc12. The minimum Gasteiger partial charge on any atom is -0.485 e. The highest BCUT2D eigenvalue weighted by atomic mass is 16.5. The first-order valence-corrected chi connectivity index (χ1v) is 6.62. The van der Waals surface area contributed by atoms with Crippen molar-refractivity contribution in [3.05, 3.63) is 65.6 Å². The Morgan fingerprint density at radius 2 is 2.05 bits per heavy atom. The Morgan fingerprint density at radius 1 is 1.20 bits per heavy atom. The van der Waals surface area contributed by atoms with Crippen LogP contribution in [0.5, 0.6) is 5.75 Å². The molecule has 3 aromatic rings. The average Bonchev–Trinajstić information content (AvgIpc) is 2.90. The number of fused-ring (bicyclic) bond motifs is 1. The standard InChI is InChI=1S/C16H17N3O/c1-12-5-2-3-6-13(12)11-20-15-7-4-8-19-10-14(9-17)18-16(15)19/h2-8,10H,9,11,17H2,1H3. The third-order valence-electron chi connectivity index (χ3n) is 3.35. The highest BCUT2D eigenvalue weighted by Crippen LogP contribution is 2.20. The Kier molecular flexibility index (Phi) is 3.39. The topological polar surface area (TPSA) is 52.5 Å². The van der Waals surface area contributed by atoms with Gasteiger partial charge in [-0.25, -0.2) is 4.98 Å². The highest BCUT2D eigenvalue weighted by Gasteiger charge is 2.07. The lowest BCUT2D eigenvalue weighted by Crippen LogP contribution is -1.99. The lowest BCUT2D eigenvalue weighted by molar-refractivity contribution is 0.307. The predicted molar refractivity (Wildman–Crippen MR) is 78.6 cm³/mol. The van der Waals surface area contributed by atoms with Crippen LogP contribution in [-0.2, 0) is 13.2 Å². The predicted octanol–water partition coefficient (Wildman–Crippen LogP) is 2.68. The molecule has 0 aliphatic rings. The van der Waals surface area contributed by atoms with Crippen molar-refractivity contribution < 1.29 is 4.74 Å². The number of aromatic nitrogens is 2. The molecule has 3 rings (SSSR count). The summed E-state index contributed by atoms with van der Waals surface area (Å²) < 4.78 is 7.86. The van der Waals surface area contributed by atoms with Crippen molar-refractivity contribution in [3.8, 4) is 5.75 Å². The quantitative estimate of drug-likeness (QED) is 0.790. The highest BCUT2D eigenvalue weighted by molar-refractivity contribution is 5.54. The molecule has 2 heterocycles. The molecule has 1 aromatic carbocycles. The summed E-state index contributed by atoms with van der Waals surface area (Å²) in [5.41, 5.74) is 9.71. The monoisotopic (exact) mass is 267 g/mol. The number of ether oxygens (including phenoxy) is 1. The smallest absolute Gasteiger partial charge is 0.179 e. The summed E-state index contributed by atoms with van der Waals surface area (Å²) in [6, 6.07) is 12.1. The van der Waals surface area contributed by atoms with Gasteiger partial charge < -0.3 is 14.9 Å². The van der Waals surface area contributed by atoms with E-state index in [1.807, 2.05) is 41.1 Å². The lowest BCUT2D eigenvalue weighted by atomic mass is 10.1. The van der Waals surface area contributed by atoms with Crippen LogP contribution in [0.4, 0.5) is 0 Å². The Balaban J connectivity index is 1.87. The van der Waals surface area contributed by atoms with E-state index in [0.717, 1.165) is 17.1 Å². The summed E-state index contributed by atoms with van der Waals surface area (Å²) >= 11 is 0. The van der Waals surface area contributed by atoms with Crippen molar-refractivity contribution in [2.75, 3.05) is 0 Å². The van der Waals surface area contributed by atoms with Gasteiger partial charge in [-0.15, -0.1) is 0 Å². The number of nitrogens with two attached hydrogens (primary N) is 1. The number of imidazole rings is 1. The van der Waals surface area contributed by atoms with Crippen molar-refractivity contribution in [2.45, 2.75) is 20.1 Å². The average molecular weight is 267 g/mol. The molecule has 0 radical (unpaired) electrons. The maximum Gasteiger partial charge on any atom is 0.179 e. The largest absolute Gasteiger partial charge is 0.485 e. The van der Waals surface area contributed by atoms with Crippen LogP contribution in [0.3, 0.4) is 0 Å². The van der Waals surface area contributed by atoms with E-state index in [2.05, 4.69) is 24.0 Å². The number of aryl methyl sites for hydroxylation is 1. The number of hydrogen-bond donors (Lipinski definition) is 1. The molecular weight excluding hydrogens is 250 g/mol. The molecule has 2 aromatic heterocycles. The van der Waals surface area contributed by atoms with Gasteiger partial charge in [0.05, 0.1) is 5.69 Å². The molecule has 0 fully saturated rings. The molecule has 0 saturated carbocycles. The first kappa shape index (κ1) is 12.7. The van der Waals surface area contributed by atoms with Crippen molar-refractivity contribution in [3.63, 3.8) is 0 Å². The van der Waals surface area contributed by atoms with Crippen molar-refractivity contribution in [2.24, 2.45) is 5.73 Å². The van der Waals surface area contributed by atoms with E-state index >= 15 is 0 Å². The molecule has 4 nitrogen and oxygen atoms in total. The fraction of sp³-hybridized carbons (Fsp3) is 0.188. The second kappa shape index (κ2) is 5.35. The van der Waals surface area contributed by atoms with Gasteiger partial charge in [-0.1, -0.05) is 24.3 Å². The number of hydrogen-bond acceptors (Lipinski definition) is 3. The van der Waals surface area contributed by atoms with E-state index in [9.17, 15) is 0 Å². The summed E-state index contributed by atoms with van der Waals surface area (Å²) in [5.74, 6) is 0.774. The van der Waals surface area contributed by atoms with Crippen LogP contribution in [-0.4, -0.2) is 9.38 Å². The summed E-state index contributed by atoms with van der Waals surface area (Å²) in [4.78, 5) is 4.48. The zero-order chi connectivity index (χ0) is 13.9. The van der Waals surface area contributed by atoms with Gasteiger partial charge in [-0.05, 0) is 30.2 Å². The zero-order valence-corrected chi connectivity index (χ0v) is 11.4. The summed E-state index contributed by atoms with van der Waals surface area (Å²) in [6.45, 7) is 3.05.